The highest BCUT2D eigenvalue weighted by atomic mass is 79.9. The Kier molecular flexibility index (Phi) is 5.94. The number of carbonyl (C=O) groups is 2. The van der Waals surface area contributed by atoms with Crippen LogP contribution in [-0.2, 0) is 0 Å². The Balaban J connectivity index is 1.62. The number of carbonyl (C=O) groups excluding carboxylic acids is 2. The lowest BCUT2D eigenvalue weighted by atomic mass is 10.1. The first-order valence-electron chi connectivity index (χ1n) is 8.07. The van der Waals surface area contributed by atoms with Crippen LogP contribution in [0.5, 0.6) is 5.75 Å². The Morgan fingerprint density at radius 3 is 2.04 bits per heavy atom. The summed E-state index contributed by atoms with van der Waals surface area (Å²) >= 11 is 3.33. The second-order valence-corrected chi connectivity index (χ2v) is 6.59. The Bertz CT molecular complexity index is 976. The van der Waals surface area contributed by atoms with E-state index < -0.39 is 11.8 Å². The molecule has 0 unspecified atom stereocenters. The molecule has 0 saturated carbocycles. The van der Waals surface area contributed by atoms with E-state index in [0.717, 1.165) is 10.0 Å². The first kappa shape index (κ1) is 18.7. The van der Waals surface area contributed by atoms with Gasteiger partial charge < -0.3 is 4.74 Å². The summed E-state index contributed by atoms with van der Waals surface area (Å²) in [5.74, 6) is -0.723. The summed E-state index contributed by atoms with van der Waals surface area (Å²) in [6, 6.07) is 19.0. The molecule has 3 aromatic carbocycles. The number of ketones is 1. The van der Waals surface area contributed by atoms with E-state index in [4.69, 9.17) is 4.74 Å². The van der Waals surface area contributed by atoms with E-state index >= 15 is 0 Å². The fourth-order valence-corrected chi connectivity index (χ4v) is 2.55. The monoisotopic (exact) mass is 424 g/mol. The van der Waals surface area contributed by atoms with Gasteiger partial charge in [-0.05, 0) is 72.3 Å². The van der Waals surface area contributed by atoms with Crippen molar-refractivity contribution in [2.45, 2.75) is 0 Å². The summed E-state index contributed by atoms with van der Waals surface area (Å²) in [6.07, 6.45) is 3.18. The molecular weight excluding hydrogens is 411 g/mol. The van der Waals surface area contributed by atoms with Crippen LogP contribution in [0.3, 0.4) is 0 Å². The molecule has 0 amide bonds. The molecule has 0 radical (unpaired) electrons. The minimum atomic E-state index is -0.566. The highest BCUT2D eigenvalue weighted by Crippen LogP contribution is 2.16. The fourth-order valence-electron chi connectivity index (χ4n) is 2.28. The minimum Gasteiger partial charge on any atom is -0.423 e. The molecule has 3 aromatic rings. The predicted molar refractivity (Wildman–Crippen MR) is 105 cm³/mol. The fraction of sp³-hybridized carbons (Fsp3) is 0. The number of rotatable bonds is 5. The van der Waals surface area contributed by atoms with Gasteiger partial charge in [0.05, 0.1) is 5.56 Å². The number of hydrogen-bond acceptors (Lipinski definition) is 3. The Morgan fingerprint density at radius 1 is 0.815 bits per heavy atom. The van der Waals surface area contributed by atoms with Crippen molar-refractivity contribution in [1.29, 1.82) is 0 Å². The van der Waals surface area contributed by atoms with E-state index in [1.807, 2.05) is 12.1 Å². The van der Waals surface area contributed by atoms with Crippen molar-refractivity contribution in [3.63, 3.8) is 0 Å². The van der Waals surface area contributed by atoms with Gasteiger partial charge in [0.15, 0.2) is 5.78 Å². The molecule has 0 aliphatic carbocycles. The molecule has 3 nitrogen and oxygen atoms in total. The van der Waals surface area contributed by atoms with Gasteiger partial charge >= 0.3 is 5.97 Å². The summed E-state index contributed by atoms with van der Waals surface area (Å²) in [5.41, 5.74) is 1.65. The lowest BCUT2D eigenvalue weighted by Gasteiger charge is -2.04. The second kappa shape index (κ2) is 8.56. The molecular formula is C22H14BrFO3. The molecule has 0 aliphatic rings. The molecule has 0 heterocycles. The molecule has 0 atom stereocenters. The van der Waals surface area contributed by atoms with Crippen LogP contribution in [0.15, 0.2) is 83.3 Å². The average Bonchev–Trinajstić information content (AvgIpc) is 2.68. The van der Waals surface area contributed by atoms with Gasteiger partial charge in [-0.2, -0.15) is 0 Å². The number of halogens is 2. The minimum absolute atomic E-state index is 0.102. The van der Waals surface area contributed by atoms with Crippen molar-refractivity contribution in [1.82, 2.24) is 0 Å². The van der Waals surface area contributed by atoms with Crippen LogP contribution in [0.1, 0.15) is 26.3 Å². The summed E-state index contributed by atoms with van der Waals surface area (Å²) in [4.78, 5) is 24.1. The van der Waals surface area contributed by atoms with Crippen molar-refractivity contribution in [3.8, 4) is 5.75 Å². The average molecular weight is 425 g/mol. The topological polar surface area (TPSA) is 43.4 Å². The third-order valence-electron chi connectivity index (χ3n) is 3.73. The third-order valence-corrected chi connectivity index (χ3v) is 4.26. The van der Waals surface area contributed by atoms with Crippen LogP contribution in [0, 0.1) is 5.82 Å². The van der Waals surface area contributed by atoms with Gasteiger partial charge in [-0.25, -0.2) is 9.18 Å². The number of ether oxygens (including phenoxy) is 1. The first-order valence-corrected chi connectivity index (χ1v) is 8.86. The van der Waals surface area contributed by atoms with E-state index in [1.165, 1.54) is 30.3 Å². The van der Waals surface area contributed by atoms with Gasteiger partial charge in [0.2, 0.25) is 0 Å². The van der Waals surface area contributed by atoms with Crippen molar-refractivity contribution in [3.05, 3.63) is 106 Å². The largest absolute Gasteiger partial charge is 0.423 e. The summed E-state index contributed by atoms with van der Waals surface area (Å²) in [7, 11) is 0. The quantitative estimate of drug-likeness (QED) is 0.228. The standard InChI is InChI=1S/C22H14BrFO3/c23-18-8-4-16(5-9-18)21(25)14-3-15-1-12-20(13-2-15)27-22(26)17-6-10-19(24)11-7-17/h1-14H. The first-order chi connectivity index (χ1) is 13.0. The zero-order valence-electron chi connectivity index (χ0n) is 14.1. The van der Waals surface area contributed by atoms with Crippen molar-refractivity contribution in [2.75, 3.05) is 0 Å². The van der Waals surface area contributed by atoms with E-state index in [9.17, 15) is 14.0 Å². The lowest BCUT2D eigenvalue weighted by molar-refractivity contribution is 0.0734. The Labute approximate surface area is 164 Å². The van der Waals surface area contributed by atoms with Crippen LogP contribution in [0.25, 0.3) is 6.08 Å². The van der Waals surface area contributed by atoms with Crippen LogP contribution < -0.4 is 4.74 Å². The number of esters is 1. The summed E-state index contributed by atoms with van der Waals surface area (Å²) in [6.45, 7) is 0. The van der Waals surface area contributed by atoms with E-state index in [2.05, 4.69) is 15.9 Å². The molecule has 0 saturated heterocycles. The zero-order chi connectivity index (χ0) is 19.2. The lowest BCUT2D eigenvalue weighted by Crippen LogP contribution is -2.08. The maximum Gasteiger partial charge on any atom is 0.343 e. The van der Waals surface area contributed by atoms with Crippen molar-refractivity contribution in [2.24, 2.45) is 0 Å². The molecule has 5 heteroatoms. The van der Waals surface area contributed by atoms with Crippen LogP contribution in [0.4, 0.5) is 4.39 Å². The SMILES string of the molecule is O=C(C=Cc1ccc(OC(=O)c2ccc(F)cc2)cc1)c1ccc(Br)cc1. The normalized spacial score (nSPS) is 10.7. The van der Waals surface area contributed by atoms with Crippen molar-refractivity contribution < 1.29 is 18.7 Å². The van der Waals surface area contributed by atoms with Crippen molar-refractivity contribution >= 4 is 33.8 Å². The highest BCUT2D eigenvalue weighted by molar-refractivity contribution is 9.10. The highest BCUT2D eigenvalue weighted by Gasteiger charge is 2.08. The third kappa shape index (κ3) is 5.21. The second-order valence-electron chi connectivity index (χ2n) is 5.67. The van der Waals surface area contributed by atoms with Gasteiger partial charge in [0.25, 0.3) is 0 Å². The van der Waals surface area contributed by atoms with Crippen LogP contribution in [-0.4, -0.2) is 11.8 Å². The van der Waals surface area contributed by atoms with Gasteiger partial charge in [-0.1, -0.05) is 34.1 Å². The number of benzene rings is 3. The molecule has 0 N–H and O–H groups in total. The van der Waals surface area contributed by atoms with E-state index in [1.54, 1.807) is 42.5 Å². The van der Waals surface area contributed by atoms with E-state index in [0.29, 0.717) is 11.3 Å². The van der Waals surface area contributed by atoms with Crippen LogP contribution >= 0.6 is 15.9 Å². The molecule has 0 fully saturated rings. The Hall–Kier alpha value is -3.05. The van der Waals surface area contributed by atoms with Gasteiger partial charge in [-0.15, -0.1) is 0 Å². The molecule has 0 aliphatic heterocycles. The molecule has 27 heavy (non-hydrogen) atoms. The number of allylic oxidation sites excluding steroid dienone is 1. The molecule has 134 valence electrons. The number of hydrogen-bond donors (Lipinski definition) is 0. The van der Waals surface area contributed by atoms with Gasteiger partial charge in [0.1, 0.15) is 11.6 Å². The Morgan fingerprint density at radius 2 is 1.41 bits per heavy atom. The van der Waals surface area contributed by atoms with Crippen LogP contribution in [0.2, 0.25) is 0 Å². The maximum absolute atomic E-state index is 12.9. The molecule has 0 aromatic heterocycles. The molecule has 3 rings (SSSR count). The van der Waals surface area contributed by atoms with E-state index in [-0.39, 0.29) is 11.3 Å². The molecule has 0 bridgehead atoms. The zero-order valence-corrected chi connectivity index (χ0v) is 15.6. The maximum atomic E-state index is 12.9. The van der Waals surface area contributed by atoms with Gasteiger partial charge in [0, 0.05) is 10.0 Å². The summed E-state index contributed by atoms with van der Waals surface area (Å²) in [5, 5.41) is 0. The predicted octanol–water partition coefficient (Wildman–Crippen LogP) is 5.70. The van der Waals surface area contributed by atoms with Gasteiger partial charge in [-0.3, -0.25) is 4.79 Å². The smallest absolute Gasteiger partial charge is 0.343 e. The molecule has 0 spiro atoms. The summed E-state index contributed by atoms with van der Waals surface area (Å²) < 4.78 is 19.0.